The summed E-state index contributed by atoms with van der Waals surface area (Å²) in [5.41, 5.74) is 1.54. The highest BCUT2D eigenvalue weighted by molar-refractivity contribution is 5.89. The first kappa shape index (κ1) is 14.8. The first-order chi connectivity index (χ1) is 10.2. The van der Waals surface area contributed by atoms with Crippen LogP contribution in [0.25, 0.3) is 0 Å². The maximum atomic E-state index is 11.9. The van der Waals surface area contributed by atoms with Crippen molar-refractivity contribution in [3.8, 4) is 0 Å². The molecule has 1 amide bonds. The highest BCUT2D eigenvalue weighted by Gasteiger charge is 2.31. The van der Waals surface area contributed by atoms with Crippen LogP contribution in [0.15, 0.2) is 34.7 Å². The molecule has 1 atom stereocenters. The zero-order chi connectivity index (χ0) is 15.2. The van der Waals surface area contributed by atoms with Crippen molar-refractivity contribution < 1.29 is 9.59 Å². The van der Waals surface area contributed by atoms with Crippen LogP contribution in [0, 0.1) is 0 Å². The van der Waals surface area contributed by atoms with Crippen LogP contribution in [0.2, 0.25) is 0 Å². The van der Waals surface area contributed by atoms with E-state index < -0.39 is 6.17 Å². The van der Waals surface area contributed by atoms with Crippen LogP contribution >= 0.6 is 0 Å². The molecule has 110 valence electrons. The highest BCUT2D eigenvalue weighted by Crippen LogP contribution is 2.14. The molecule has 0 aliphatic carbocycles. The van der Waals surface area contributed by atoms with Crippen LogP contribution < -0.4 is 0 Å². The molecule has 21 heavy (non-hydrogen) atoms. The van der Waals surface area contributed by atoms with Gasteiger partial charge in [0.05, 0.1) is 18.5 Å². The summed E-state index contributed by atoms with van der Waals surface area (Å²) in [7, 11) is 0. The van der Waals surface area contributed by atoms with Crippen LogP contribution in [0.3, 0.4) is 0 Å². The third kappa shape index (κ3) is 3.50. The summed E-state index contributed by atoms with van der Waals surface area (Å²) >= 11 is 0. The molecule has 0 N–H and O–H groups in total. The summed E-state index contributed by atoms with van der Waals surface area (Å²) in [6.07, 6.45) is 5.08. The van der Waals surface area contributed by atoms with Crippen LogP contribution in [0.5, 0.6) is 0 Å². The lowest BCUT2D eigenvalue weighted by molar-refractivity contribution is -0.142. The van der Waals surface area contributed by atoms with Gasteiger partial charge in [-0.1, -0.05) is 13.0 Å². The molecule has 1 aromatic heterocycles. The standard InChI is InChI=1S/C14H17N5O2/c1-3-14(21)19-13(10-20)18(9-11(2)17-19)16-8-12-5-4-6-15-7-12/h4-8,10,13H,3,9H2,1-2H3. The third-order valence-electron chi connectivity index (χ3n) is 2.94. The number of aromatic nitrogens is 1. The molecule has 0 aromatic carbocycles. The van der Waals surface area contributed by atoms with E-state index in [9.17, 15) is 9.59 Å². The Hall–Kier alpha value is -2.57. The Morgan fingerprint density at radius 3 is 3.00 bits per heavy atom. The van der Waals surface area contributed by atoms with Crippen LogP contribution in [-0.2, 0) is 9.59 Å². The predicted molar refractivity (Wildman–Crippen MR) is 78.6 cm³/mol. The second-order valence-electron chi connectivity index (χ2n) is 4.61. The SMILES string of the molecule is CCC(=O)N1N=C(C)CN(N=Cc2cccnc2)C1C=O. The molecular weight excluding hydrogens is 270 g/mol. The quantitative estimate of drug-likeness (QED) is 0.608. The number of aldehydes is 1. The van der Waals surface area contributed by atoms with Gasteiger partial charge >= 0.3 is 0 Å². The number of nitrogens with zero attached hydrogens (tertiary/aromatic N) is 5. The summed E-state index contributed by atoms with van der Waals surface area (Å²) in [4.78, 5) is 27.2. The van der Waals surface area contributed by atoms with Crippen molar-refractivity contribution in [2.24, 2.45) is 10.2 Å². The van der Waals surface area contributed by atoms with E-state index in [-0.39, 0.29) is 12.3 Å². The largest absolute Gasteiger partial charge is 0.299 e. The van der Waals surface area contributed by atoms with Gasteiger partial charge in [-0.05, 0) is 13.0 Å². The molecule has 1 unspecified atom stereocenters. The van der Waals surface area contributed by atoms with Gasteiger partial charge in [-0.25, -0.2) is 5.01 Å². The molecule has 7 nitrogen and oxygen atoms in total. The lowest BCUT2D eigenvalue weighted by Crippen LogP contribution is -2.52. The molecule has 2 rings (SSSR count). The van der Waals surface area contributed by atoms with Crippen molar-refractivity contribution in [1.29, 1.82) is 0 Å². The van der Waals surface area contributed by atoms with Crippen molar-refractivity contribution in [2.45, 2.75) is 26.4 Å². The molecule has 2 heterocycles. The number of amides is 1. The van der Waals surface area contributed by atoms with Crippen LogP contribution in [0.4, 0.5) is 0 Å². The van der Waals surface area contributed by atoms with Gasteiger partial charge in [-0.3, -0.25) is 19.6 Å². The van der Waals surface area contributed by atoms with E-state index in [1.807, 2.05) is 6.07 Å². The molecule has 0 fully saturated rings. The Morgan fingerprint density at radius 1 is 1.57 bits per heavy atom. The molecule has 1 aliphatic heterocycles. The molecule has 0 spiro atoms. The fraction of sp³-hybridized carbons (Fsp3) is 0.357. The topological polar surface area (TPSA) is 78.2 Å². The average Bonchev–Trinajstić information content (AvgIpc) is 2.52. The number of hydrogen-bond donors (Lipinski definition) is 0. The van der Waals surface area contributed by atoms with E-state index in [0.29, 0.717) is 12.8 Å². The summed E-state index contributed by atoms with van der Waals surface area (Å²) in [6, 6.07) is 3.65. The number of pyridine rings is 1. The summed E-state index contributed by atoms with van der Waals surface area (Å²) in [5, 5.41) is 11.2. The minimum atomic E-state index is -0.811. The molecular formula is C14H17N5O2. The second kappa shape index (κ2) is 6.74. The van der Waals surface area contributed by atoms with E-state index in [0.717, 1.165) is 11.3 Å². The minimum absolute atomic E-state index is 0.215. The predicted octanol–water partition coefficient (Wildman–Crippen LogP) is 0.871. The summed E-state index contributed by atoms with van der Waals surface area (Å²) in [5.74, 6) is -0.215. The van der Waals surface area contributed by atoms with Crippen molar-refractivity contribution in [2.75, 3.05) is 6.54 Å². The second-order valence-corrected chi connectivity index (χ2v) is 4.61. The van der Waals surface area contributed by atoms with Crippen molar-refractivity contribution >= 4 is 24.1 Å². The molecule has 0 radical (unpaired) electrons. The van der Waals surface area contributed by atoms with E-state index in [1.165, 1.54) is 10.0 Å². The first-order valence-electron chi connectivity index (χ1n) is 6.67. The van der Waals surface area contributed by atoms with Gasteiger partial charge in [0.2, 0.25) is 5.91 Å². The fourth-order valence-electron chi connectivity index (χ4n) is 1.92. The first-order valence-corrected chi connectivity index (χ1v) is 6.67. The van der Waals surface area contributed by atoms with Gasteiger partial charge in [0.1, 0.15) is 0 Å². The van der Waals surface area contributed by atoms with Gasteiger partial charge in [-0.2, -0.15) is 10.2 Å². The Balaban J connectivity index is 2.22. The molecule has 0 bridgehead atoms. The van der Waals surface area contributed by atoms with E-state index in [2.05, 4.69) is 15.2 Å². The smallest absolute Gasteiger partial charge is 0.244 e. The van der Waals surface area contributed by atoms with Crippen LogP contribution in [-0.4, -0.2) is 51.8 Å². The maximum absolute atomic E-state index is 11.9. The third-order valence-corrected chi connectivity index (χ3v) is 2.94. The Morgan fingerprint density at radius 2 is 2.38 bits per heavy atom. The van der Waals surface area contributed by atoms with Gasteiger partial charge in [0.25, 0.3) is 0 Å². The zero-order valence-corrected chi connectivity index (χ0v) is 12.0. The summed E-state index contributed by atoms with van der Waals surface area (Å²) < 4.78 is 0. The number of hydrazone groups is 2. The van der Waals surface area contributed by atoms with Gasteiger partial charge < -0.3 is 0 Å². The molecule has 7 heteroatoms. The lowest BCUT2D eigenvalue weighted by atomic mass is 10.3. The Kier molecular flexibility index (Phi) is 4.76. The van der Waals surface area contributed by atoms with Crippen LogP contribution in [0.1, 0.15) is 25.8 Å². The van der Waals surface area contributed by atoms with E-state index in [4.69, 9.17) is 0 Å². The van der Waals surface area contributed by atoms with Crippen molar-refractivity contribution in [3.05, 3.63) is 30.1 Å². The molecule has 0 saturated heterocycles. The number of carbonyl (C=O) groups is 2. The molecule has 0 saturated carbocycles. The normalized spacial score (nSPS) is 18.8. The van der Waals surface area contributed by atoms with Gasteiger partial charge in [0, 0.05) is 24.4 Å². The van der Waals surface area contributed by atoms with Gasteiger partial charge in [0.15, 0.2) is 12.5 Å². The lowest BCUT2D eigenvalue weighted by Gasteiger charge is -2.35. The number of carbonyl (C=O) groups excluding carboxylic acids is 2. The molecule has 1 aliphatic rings. The van der Waals surface area contributed by atoms with Gasteiger partial charge in [-0.15, -0.1) is 0 Å². The maximum Gasteiger partial charge on any atom is 0.244 e. The monoisotopic (exact) mass is 287 g/mol. The van der Waals surface area contributed by atoms with E-state index >= 15 is 0 Å². The van der Waals surface area contributed by atoms with E-state index in [1.54, 1.807) is 38.5 Å². The highest BCUT2D eigenvalue weighted by atomic mass is 16.2. The minimum Gasteiger partial charge on any atom is -0.299 e. The van der Waals surface area contributed by atoms with Crippen molar-refractivity contribution in [1.82, 2.24) is 15.0 Å². The number of hydrogen-bond acceptors (Lipinski definition) is 6. The Labute approximate surface area is 123 Å². The molecule has 1 aromatic rings. The number of rotatable bonds is 4. The fourth-order valence-corrected chi connectivity index (χ4v) is 1.92. The Bertz CT molecular complexity index is 570. The van der Waals surface area contributed by atoms with Crippen molar-refractivity contribution in [3.63, 3.8) is 0 Å². The zero-order valence-electron chi connectivity index (χ0n) is 12.0. The average molecular weight is 287 g/mol. The summed E-state index contributed by atoms with van der Waals surface area (Å²) in [6.45, 7) is 3.92.